The Morgan fingerprint density at radius 1 is 1.21 bits per heavy atom. The molecule has 3 heterocycles. The van der Waals surface area contributed by atoms with Gasteiger partial charge in [0.05, 0.1) is 13.2 Å². The number of guanidine groups is 1. The molecular formula is C20H40IN5OS. The number of hydrogen-bond acceptors (Lipinski definition) is 5. The van der Waals surface area contributed by atoms with Crippen LogP contribution in [0.2, 0.25) is 0 Å². The van der Waals surface area contributed by atoms with E-state index in [4.69, 9.17) is 4.74 Å². The molecule has 2 unspecified atom stereocenters. The second kappa shape index (κ2) is 12.8. The molecule has 3 aliphatic rings. The molecule has 164 valence electrons. The Morgan fingerprint density at radius 2 is 2.04 bits per heavy atom. The first-order valence-electron chi connectivity index (χ1n) is 10.9. The molecule has 3 aliphatic heterocycles. The van der Waals surface area contributed by atoms with Gasteiger partial charge in [0, 0.05) is 57.1 Å². The predicted octanol–water partition coefficient (Wildman–Crippen LogP) is 2.24. The second-order valence-corrected chi connectivity index (χ2v) is 9.18. The van der Waals surface area contributed by atoms with E-state index in [9.17, 15) is 0 Å². The molecular weight excluding hydrogens is 485 g/mol. The molecule has 2 N–H and O–H groups in total. The highest BCUT2D eigenvalue weighted by molar-refractivity contribution is 14.0. The molecule has 0 aromatic carbocycles. The topological polar surface area (TPSA) is 52.1 Å². The highest BCUT2D eigenvalue weighted by Gasteiger charge is 2.40. The van der Waals surface area contributed by atoms with Crippen molar-refractivity contribution in [3.63, 3.8) is 0 Å². The summed E-state index contributed by atoms with van der Waals surface area (Å²) in [5.74, 6) is 3.42. The molecule has 0 amide bonds. The monoisotopic (exact) mass is 525 g/mol. The molecule has 6 nitrogen and oxygen atoms in total. The first-order chi connectivity index (χ1) is 13.3. The van der Waals surface area contributed by atoms with Crippen molar-refractivity contribution in [3.05, 3.63) is 0 Å². The number of nitrogens with one attached hydrogen (secondary N) is 2. The maximum atomic E-state index is 5.57. The number of hydrogen-bond donors (Lipinski definition) is 2. The number of thioether (sulfide) groups is 1. The number of rotatable bonds is 7. The van der Waals surface area contributed by atoms with E-state index in [-0.39, 0.29) is 29.5 Å². The fraction of sp³-hybridized carbons (Fsp3) is 0.950. The van der Waals surface area contributed by atoms with E-state index in [1.54, 1.807) is 0 Å². The summed E-state index contributed by atoms with van der Waals surface area (Å²) in [6.45, 7) is 10.5. The van der Waals surface area contributed by atoms with Crippen LogP contribution in [0.5, 0.6) is 0 Å². The average molecular weight is 526 g/mol. The largest absolute Gasteiger partial charge is 0.379 e. The molecule has 0 saturated carbocycles. The SMILES string of the molecule is CCC1CCCCN1CCNC(=NC)NCC1(N2CCOCC2)CCSC1.I. The van der Waals surface area contributed by atoms with Crippen LogP contribution >= 0.6 is 35.7 Å². The quantitative estimate of drug-likeness (QED) is 0.302. The van der Waals surface area contributed by atoms with Crippen LogP contribution in [0.25, 0.3) is 0 Å². The Hall–Kier alpha value is 0.230. The van der Waals surface area contributed by atoms with Crippen LogP contribution in [-0.2, 0) is 4.74 Å². The maximum absolute atomic E-state index is 5.57. The minimum absolute atomic E-state index is 0. The van der Waals surface area contributed by atoms with Crippen LogP contribution in [0.15, 0.2) is 4.99 Å². The lowest BCUT2D eigenvalue weighted by Gasteiger charge is -2.43. The number of piperidine rings is 1. The van der Waals surface area contributed by atoms with Gasteiger partial charge in [-0.05, 0) is 38.0 Å². The molecule has 3 saturated heterocycles. The van der Waals surface area contributed by atoms with Crippen LogP contribution in [0.1, 0.15) is 39.0 Å². The molecule has 0 aromatic heterocycles. The lowest BCUT2D eigenvalue weighted by atomic mass is 9.95. The van der Waals surface area contributed by atoms with Gasteiger partial charge in [0.1, 0.15) is 0 Å². The first-order valence-corrected chi connectivity index (χ1v) is 12.0. The van der Waals surface area contributed by atoms with Crippen molar-refractivity contribution in [2.75, 3.05) is 71.0 Å². The summed E-state index contributed by atoms with van der Waals surface area (Å²) in [6.07, 6.45) is 6.64. The fourth-order valence-corrected chi connectivity index (χ4v) is 6.22. The van der Waals surface area contributed by atoms with Crippen LogP contribution < -0.4 is 10.6 Å². The average Bonchev–Trinajstić information content (AvgIpc) is 3.21. The minimum Gasteiger partial charge on any atom is -0.379 e. The molecule has 2 atom stereocenters. The normalized spacial score (nSPS) is 30.1. The van der Waals surface area contributed by atoms with Gasteiger partial charge in [0.15, 0.2) is 5.96 Å². The molecule has 0 bridgehead atoms. The summed E-state index contributed by atoms with van der Waals surface area (Å²) in [4.78, 5) is 9.78. The van der Waals surface area contributed by atoms with Gasteiger partial charge in [-0.1, -0.05) is 13.3 Å². The summed E-state index contributed by atoms with van der Waals surface area (Å²) < 4.78 is 5.57. The number of likely N-dealkylation sites (tertiary alicyclic amines) is 1. The highest BCUT2D eigenvalue weighted by Crippen LogP contribution is 2.33. The van der Waals surface area contributed by atoms with Crippen molar-refractivity contribution < 1.29 is 4.74 Å². The van der Waals surface area contributed by atoms with Crippen LogP contribution in [0, 0.1) is 0 Å². The minimum atomic E-state index is 0. The summed E-state index contributed by atoms with van der Waals surface area (Å²) in [5, 5.41) is 7.19. The summed E-state index contributed by atoms with van der Waals surface area (Å²) >= 11 is 2.08. The highest BCUT2D eigenvalue weighted by atomic mass is 127. The van der Waals surface area contributed by atoms with E-state index in [1.165, 1.54) is 50.2 Å². The van der Waals surface area contributed by atoms with Crippen molar-refractivity contribution in [2.45, 2.75) is 50.6 Å². The number of morpholine rings is 1. The Balaban J connectivity index is 0.00000280. The fourth-order valence-electron chi connectivity index (χ4n) is 4.74. The number of halogens is 1. The lowest BCUT2D eigenvalue weighted by molar-refractivity contribution is -0.0120. The summed E-state index contributed by atoms with van der Waals surface area (Å²) in [7, 11) is 1.88. The van der Waals surface area contributed by atoms with Gasteiger partial charge in [-0.3, -0.25) is 14.8 Å². The zero-order chi connectivity index (χ0) is 19.0. The third-order valence-electron chi connectivity index (χ3n) is 6.48. The zero-order valence-electron chi connectivity index (χ0n) is 17.8. The van der Waals surface area contributed by atoms with E-state index in [2.05, 4.69) is 44.1 Å². The number of aliphatic imine (C=N–C) groups is 1. The van der Waals surface area contributed by atoms with Gasteiger partial charge in [-0.2, -0.15) is 11.8 Å². The second-order valence-electron chi connectivity index (χ2n) is 8.07. The van der Waals surface area contributed by atoms with Crippen molar-refractivity contribution in [1.82, 2.24) is 20.4 Å². The molecule has 3 fully saturated rings. The Kier molecular flexibility index (Phi) is 11.2. The molecule has 28 heavy (non-hydrogen) atoms. The first kappa shape index (κ1) is 24.5. The summed E-state index contributed by atoms with van der Waals surface area (Å²) in [6, 6.07) is 0.774. The van der Waals surface area contributed by atoms with Gasteiger partial charge in [-0.25, -0.2) is 0 Å². The van der Waals surface area contributed by atoms with Crippen molar-refractivity contribution >= 4 is 41.7 Å². The van der Waals surface area contributed by atoms with E-state index in [1.807, 2.05) is 7.05 Å². The molecule has 0 aliphatic carbocycles. The molecule has 0 radical (unpaired) electrons. The lowest BCUT2D eigenvalue weighted by Crippen LogP contribution is -2.60. The van der Waals surface area contributed by atoms with Crippen LogP contribution in [0.4, 0.5) is 0 Å². The molecule has 3 rings (SSSR count). The van der Waals surface area contributed by atoms with Crippen LogP contribution in [0.3, 0.4) is 0 Å². The Labute approximate surface area is 193 Å². The van der Waals surface area contributed by atoms with E-state index in [0.717, 1.165) is 57.9 Å². The Morgan fingerprint density at radius 3 is 2.71 bits per heavy atom. The molecule has 8 heteroatoms. The predicted molar refractivity (Wildman–Crippen MR) is 131 cm³/mol. The van der Waals surface area contributed by atoms with E-state index in [0.29, 0.717) is 0 Å². The van der Waals surface area contributed by atoms with Gasteiger partial charge in [-0.15, -0.1) is 24.0 Å². The van der Waals surface area contributed by atoms with Gasteiger partial charge in [0.25, 0.3) is 0 Å². The third kappa shape index (κ3) is 6.62. The van der Waals surface area contributed by atoms with E-state index >= 15 is 0 Å². The summed E-state index contributed by atoms with van der Waals surface area (Å²) in [5.41, 5.74) is 0.256. The Bertz CT molecular complexity index is 470. The third-order valence-corrected chi connectivity index (χ3v) is 7.72. The standard InChI is InChI=1S/C20H39N5OS.HI/c1-3-18-6-4-5-9-24(18)10-8-22-19(21-2)23-16-20(7-15-27-17-20)25-11-13-26-14-12-25;/h18H,3-17H2,1-2H3,(H2,21,22,23);1H. The van der Waals surface area contributed by atoms with Crippen molar-refractivity contribution in [2.24, 2.45) is 4.99 Å². The van der Waals surface area contributed by atoms with Gasteiger partial charge in [0.2, 0.25) is 0 Å². The maximum Gasteiger partial charge on any atom is 0.191 e. The molecule has 0 spiro atoms. The molecule has 0 aromatic rings. The number of ether oxygens (including phenoxy) is 1. The smallest absolute Gasteiger partial charge is 0.191 e. The zero-order valence-corrected chi connectivity index (χ0v) is 20.9. The van der Waals surface area contributed by atoms with Gasteiger partial charge >= 0.3 is 0 Å². The van der Waals surface area contributed by atoms with Crippen molar-refractivity contribution in [3.8, 4) is 0 Å². The van der Waals surface area contributed by atoms with Crippen LogP contribution in [-0.4, -0.2) is 98.4 Å². The van der Waals surface area contributed by atoms with Gasteiger partial charge < -0.3 is 15.4 Å². The number of nitrogens with zero attached hydrogens (tertiary/aromatic N) is 3. The van der Waals surface area contributed by atoms with Crippen molar-refractivity contribution in [1.29, 1.82) is 0 Å². The van der Waals surface area contributed by atoms with E-state index < -0.39 is 0 Å².